The van der Waals surface area contributed by atoms with Crippen LogP contribution in [-0.2, 0) is 0 Å². The maximum Gasteiger partial charge on any atom is 0.0623 e. The number of aliphatic hydroxyl groups excluding tert-OH is 1. The minimum absolute atomic E-state index is 0.171. The number of hydrogen-bond acceptors (Lipinski definition) is 4. The van der Waals surface area contributed by atoms with Gasteiger partial charge in [-0.3, -0.25) is 4.90 Å². The van der Waals surface area contributed by atoms with E-state index in [1.807, 2.05) is 7.05 Å². The number of hydrogen-bond donors (Lipinski definition) is 2. The van der Waals surface area contributed by atoms with E-state index in [0.717, 1.165) is 26.2 Å². The van der Waals surface area contributed by atoms with Crippen molar-refractivity contribution in [3.05, 3.63) is 0 Å². The van der Waals surface area contributed by atoms with E-state index in [1.165, 1.54) is 0 Å². The van der Waals surface area contributed by atoms with Gasteiger partial charge in [-0.1, -0.05) is 0 Å². The Morgan fingerprint density at radius 1 is 1.47 bits per heavy atom. The monoisotopic (exact) mass is 215 g/mol. The Hall–Kier alpha value is -0.160. The fraction of sp³-hybridized carbons (Fsp3) is 1.00. The van der Waals surface area contributed by atoms with Gasteiger partial charge in [0.25, 0.3) is 0 Å². The first kappa shape index (κ1) is 12.9. The summed E-state index contributed by atoms with van der Waals surface area (Å²) in [6.07, 6.45) is 0. The number of nitrogens with one attached hydrogen (secondary N) is 1. The highest BCUT2D eigenvalue weighted by Crippen LogP contribution is 2.11. The Balaban J connectivity index is 2.45. The van der Waals surface area contributed by atoms with E-state index in [1.54, 1.807) is 0 Å². The molecule has 0 aliphatic carbocycles. The third-order valence-electron chi connectivity index (χ3n) is 3.57. The zero-order chi connectivity index (χ0) is 11.5. The number of rotatable bonds is 4. The fourth-order valence-corrected chi connectivity index (χ4v) is 1.97. The standard InChI is InChI=1S/C11H25N3O/c1-10-7-14(6-5-13(10)4)8-11(2,9-15)12-3/h10,12,15H,5-9H2,1-4H3. The Morgan fingerprint density at radius 3 is 2.60 bits per heavy atom. The molecule has 0 radical (unpaired) electrons. The van der Waals surface area contributed by atoms with Gasteiger partial charge in [0.05, 0.1) is 12.1 Å². The summed E-state index contributed by atoms with van der Waals surface area (Å²) in [6.45, 7) is 8.72. The lowest BCUT2D eigenvalue weighted by Gasteiger charge is -2.41. The second-order valence-electron chi connectivity index (χ2n) is 5.03. The highest BCUT2D eigenvalue weighted by molar-refractivity contribution is 4.87. The van der Waals surface area contributed by atoms with Gasteiger partial charge in [0.1, 0.15) is 0 Å². The predicted octanol–water partition coefficient (Wildman–Crippen LogP) is -0.407. The lowest BCUT2D eigenvalue weighted by molar-refractivity contribution is 0.0648. The molecule has 15 heavy (non-hydrogen) atoms. The summed E-state index contributed by atoms with van der Waals surface area (Å²) in [5.41, 5.74) is -0.171. The quantitative estimate of drug-likeness (QED) is 0.669. The lowest BCUT2D eigenvalue weighted by atomic mass is 10.0. The molecular formula is C11H25N3O. The van der Waals surface area contributed by atoms with Gasteiger partial charge in [0.15, 0.2) is 0 Å². The van der Waals surface area contributed by atoms with E-state index in [-0.39, 0.29) is 12.1 Å². The summed E-state index contributed by atoms with van der Waals surface area (Å²) in [5, 5.41) is 12.5. The first-order chi connectivity index (χ1) is 7.00. The normalized spacial score (nSPS) is 29.0. The van der Waals surface area contributed by atoms with Crippen molar-refractivity contribution in [2.45, 2.75) is 25.4 Å². The molecule has 2 N–H and O–H groups in total. The molecule has 4 nitrogen and oxygen atoms in total. The molecule has 1 fully saturated rings. The molecule has 0 spiro atoms. The first-order valence-electron chi connectivity index (χ1n) is 5.73. The fourth-order valence-electron chi connectivity index (χ4n) is 1.97. The van der Waals surface area contributed by atoms with E-state index in [2.05, 4.69) is 36.0 Å². The molecule has 1 heterocycles. The van der Waals surface area contributed by atoms with Gasteiger partial charge in [0, 0.05) is 32.2 Å². The minimum atomic E-state index is -0.171. The number of nitrogens with zero attached hydrogens (tertiary/aromatic N) is 2. The van der Waals surface area contributed by atoms with Gasteiger partial charge in [-0.25, -0.2) is 0 Å². The summed E-state index contributed by atoms with van der Waals surface area (Å²) in [6, 6.07) is 0.610. The molecule has 0 aromatic carbocycles. The summed E-state index contributed by atoms with van der Waals surface area (Å²) in [7, 11) is 4.08. The minimum Gasteiger partial charge on any atom is -0.394 e. The summed E-state index contributed by atoms with van der Waals surface area (Å²) in [4.78, 5) is 4.81. The first-order valence-corrected chi connectivity index (χ1v) is 5.73. The molecule has 1 rings (SSSR count). The molecule has 90 valence electrons. The lowest BCUT2D eigenvalue weighted by Crippen LogP contribution is -2.58. The van der Waals surface area contributed by atoms with Crippen LogP contribution >= 0.6 is 0 Å². The van der Waals surface area contributed by atoms with E-state index in [4.69, 9.17) is 0 Å². The third kappa shape index (κ3) is 3.41. The Kier molecular flexibility index (Phi) is 4.52. The van der Waals surface area contributed by atoms with Crippen LogP contribution in [0.4, 0.5) is 0 Å². The molecule has 0 saturated carbocycles. The van der Waals surface area contributed by atoms with Gasteiger partial charge < -0.3 is 15.3 Å². The van der Waals surface area contributed by atoms with Crippen molar-refractivity contribution in [2.75, 3.05) is 46.9 Å². The third-order valence-corrected chi connectivity index (χ3v) is 3.57. The van der Waals surface area contributed by atoms with Crippen molar-refractivity contribution in [1.29, 1.82) is 0 Å². The molecule has 2 unspecified atom stereocenters. The van der Waals surface area contributed by atoms with E-state index in [9.17, 15) is 5.11 Å². The molecule has 0 amide bonds. The van der Waals surface area contributed by atoms with E-state index >= 15 is 0 Å². The van der Waals surface area contributed by atoms with Gasteiger partial charge in [0.2, 0.25) is 0 Å². The Morgan fingerprint density at radius 2 is 2.13 bits per heavy atom. The zero-order valence-corrected chi connectivity index (χ0v) is 10.5. The zero-order valence-electron chi connectivity index (χ0n) is 10.5. The average molecular weight is 215 g/mol. The van der Waals surface area contributed by atoms with Crippen LogP contribution in [0.15, 0.2) is 0 Å². The maximum atomic E-state index is 9.33. The molecule has 1 aliphatic heterocycles. The largest absolute Gasteiger partial charge is 0.394 e. The summed E-state index contributed by atoms with van der Waals surface area (Å²) in [5.74, 6) is 0. The highest BCUT2D eigenvalue weighted by Gasteiger charge is 2.28. The molecule has 4 heteroatoms. The second-order valence-corrected chi connectivity index (χ2v) is 5.03. The topological polar surface area (TPSA) is 38.7 Å². The molecule has 2 atom stereocenters. The molecule has 0 aromatic heterocycles. The molecule has 1 saturated heterocycles. The van der Waals surface area contributed by atoms with E-state index < -0.39 is 0 Å². The van der Waals surface area contributed by atoms with Crippen LogP contribution in [0.2, 0.25) is 0 Å². The van der Waals surface area contributed by atoms with Gasteiger partial charge in [-0.05, 0) is 27.9 Å². The number of likely N-dealkylation sites (N-methyl/N-ethyl adjacent to an activating group) is 2. The van der Waals surface area contributed by atoms with Gasteiger partial charge in [-0.2, -0.15) is 0 Å². The van der Waals surface area contributed by atoms with Crippen LogP contribution in [-0.4, -0.2) is 73.4 Å². The molecular weight excluding hydrogens is 190 g/mol. The van der Waals surface area contributed by atoms with Crippen LogP contribution in [0.25, 0.3) is 0 Å². The predicted molar refractivity (Wildman–Crippen MR) is 63.1 cm³/mol. The second kappa shape index (κ2) is 5.25. The number of piperazine rings is 1. The van der Waals surface area contributed by atoms with Crippen LogP contribution in [0.5, 0.6) is 0 Å². The summed E-state index contributed by atoms with van der Waals surface area (Å²) < 4.78 is 0. The van der Waals surface area contributed by atoms with Crippen molar-refractivity contribution in [2.24, 2.45) is 0 Å². The van der Waals surface area contributed by atoms with Crippen molar-refractivity contribution in [1.82, 2.24) is 15.1 Å². The van der Waals surface area contributed by atoms with Crippen molar-refractivity contribution in [3.8, 4) is 0 Å². The number of aliphatic hydroxyl groups is 1. The average Bonchev–Trinajstić information content (AvgIpc) is 2.23. The highest BCUT2D eigenvalue weighted by atomic mass is 16.3. The smallest absolute Gasteiger partial charge is 0.0623 e. The SMILES string of the molecule is CNC(C)(CO)CN1CCN(C)C(C)C1. The van der Waals surface area contributed by atoms with Gasteiger partial charge >= 0.3 is 0 Å². The van der Waals surface area contributed by atoms with Crippen LogP contribution in [0.3, 0.4) is 0 Å². The Labute approximate surface area is 93.2 Å². The van der Waals surface area contributed by atoms with Crippen molar-refractivity contribution < 1.29 is 5.11 Å². The Bertz CT molecular complexity index is 194. The summed E-state index contributed by atoms with van der Waals surface area (Å²) >= 11 is 0. The van der Waals surface area contributed by atoms with Crippen molar-refractivity contribution >= 4 is 0 Å². The van der Waals surface area contributed by atoms with Gasteiger partial charge in [-0.15, -0.1) is 0 Å². The van der Waals surface area contributed by atoms with Crippen LogP contribution in [0, 0.1) is 0 Å². The van der Waals surface area contributed by atoms with E-state index in [0.29, 0.717) is 6.04 Å². The molecule has 1 aliphatic rings. The maximum absolute atomic E-state index is 9.33. The molecule has 0 aromatic rings. The molecule has 0 bridgehead atoms. The van der Waals surface area contributed by atoms with Crippen LogP contribution in [0.1, 0.15) is 13.8 Å². The van der Waals surface area contributed by atoms with Crippen LogP contribution < -0.4 is 5.32 Å². The van der Waals surface area contributed by atoms with Crippen molar-refractivity contribution in [3.63, 3.8) is 0 Å².